The number of fused-ring (bicyclic) bond motifs is 3. The molecule has 0 N–H and O–H groups in total. The standard InChI is InChI=1S/C26H23N3S/c1-17-14-19(3)24-22(15-17)18(2)16-23-27-28-26(29(23)24)30-25(20-10-6-4-7-11-20)21-12-8-5-9-13-21/h4-16,25H,1-3H3. The van der Waals surface area contributed by atoms with E-state index in [4.69, 9.17) is 0 Å². The van der Waals surface area contributed by atoms with E-state index < -0.39 is 0 Å². The summed E-state index contributed by atoms with van der Waals surface area (Å²) in [5, 5.41) is 11.5. The van der Waals surface area contributed by atoms with Crippen LogP contribution in [-0.2, 0) is 0 Å². The van der Waals surface area contributed by atoms with Crippen LogP contribution in [0.2, 0.25) is 0 Å². The van der Waals surface area contributed by atoms with E-state index in [2.05, 4.69) is 114 Å². The molecule has 0 unspecified atom stereocenters. The Hall–Kier alpha value is -3.11. The van der Waals surface area contributed by atoms with Gasteiger partial charge in [-0.05, 0) is 55.2 Å². The predicted octanol–water partition coefficient (Wildman–Crippen LogP) is 6.69. The minimum absolute atomic E-state index is 0.141. The molecule has 0 amide bonds. The number of pyridine rings is 1. The molecule has 2 heterocycles. The number of nitrogens with zero attached hydrogens (tertiary/aromatic N) is 3. The topological polar surface area (TPSA) is 30.2 Å². The highest BCUT2D eigenvalue weighted by Gasteiger charge is 2.21. The average Bonchev–Trinajstić information content (AvgIpc) is 3.15. The van der Waals surface area contributed by atoms with E-state index in [9.17, 15) is 0 Å². The van der Waals surface area contributed by atoms with Crippen molar-refractivity contribution in [3.63, 3.8) is 0 Å². The Morgan fingerprint density at radius 3 is 2.00 bits per heavy atom. The van der Waals surface area contributed by atoms with Gasteiger partial charge in [-0.1, -0.05) is 84.1 Å². The molecule has 3 aromatic carbocycles. The molecule has 2 aromatic heterocycles. The molecule has 30 heavy (non-hydrogen) atoms. The molecule has 0 atom stereocenters. The van der Waals surface area contributed by atoms with Crippen molar-refractivity contribution in [2.24, 2.45) is 0 Å². The molecule has 5 rings (SSSR count). The van der Waals surface area contributed by atoms with E-state index in [1.807, 2.05) is 0 Å². The van der Waals surface area contributed by atoms with Crippen LogP contribution >= 0.6 is 11.8 Å². The second-order valence-corrected chi connectivity index (χ2v) is 8.87. The van der Waals surface area contributed by atoms with E-state index in [-0.39, 0.29) is 5.25 Å². The molecule has 0 saturated heterocycles. The van der Waals surface area contributed by atoms with Crippen LogP contribution in [0.15, 0.2) is 84.0 Å². The fraction of sp³-hybridized carbons (Fsp3) is 0.154. The summed E-state index contributed by atoms with van der Waals surface area (Å²) < 4.78 is 2.22. The van der Waals surface area contributed by atoms with Gasteiger partial charge in [-0.3, -0.25) is 4.40 Å². The molecular formula is C26H23N3S. The number of thioether (sulfide) groups is 1. The molecule has 0 bridgehead atoms. The van der Waals surface area contributed by atoms with Gasteiger partial charge in [-0.15, -0.1) is 10.2 Å². The zero-order valence-electron chi connectivity index (χ0n) is 17.3. The monoisotopic (exact) mass is 409 g/mol. The van der Waals surface area contributed by atoms with E-state index >= 15 is 0 Å². The number of benzene rings is 3. The Labute approximate surface area is 180 Å². The zero-order chi connectivity index (χ0) is 20.7. The van der Waals surface area contributed by atoms with Crippen LogP contribution in [0.3, 0.4) is 0 Å². The SMILES string of the molecule is Cc1cc(C)c2c(c1)c(C)cc1nnc(SC(c3ccccc3)c3ccccc3)n12. The lowest BCUT2D eigenvalue weighted by Gasteiger charge is -2.18. The van der Waals surface area contributed by atoms with Crippen molar-refractivity contribution in [1.29, 1.82) is 0 Å². The first-order valence-corrected chi connectivity index (χ1v) is 11.0. The lowest BCUT2D eigenvalue weighted by Crippen LogP contribution is -2.00. The molecule has 3 nitrogen and oxygen atoms in total. The molecule has 0 spiro atoms. The number of rotatable bonds is 4. The van der Waals surface area contributed by atoms with Crippen molar-refractivity contribution in [3.8, 4) is 0 Å². The Bertz CT molecular complexity index is 1300. The van der Waals surface area contributed by atoms with E-state index in [1.165, 1.54) is 38.7 Å². The van der Waals surface area contributed by atoms with Gasteiger partial charge in [-0.25, -0.2) is 0 Å². The second kappa shape index (κ2) is 7.62. The summed E-state index contributed by atoms with van der Waals surface area (Å²) >= 11 is 1.75. The minimum atomic E-state index is 0.141. The molecule has 0 aliphatic carbocycles. The molecule has 148 valence electrons. The molecule has 4 heteroatoms. The minimum Gasteiger partial charge on any atom is -0.270 e. The summed E-state index contributed by atoms with van der Waals surface area (Å²) in [6.45, 7) is 6.48. The third kappa shape index (κ3) is 3.27. The largest absolute Gasteiger partial charge is 0.270 e. The zero-order valence-corrected chi connectivity index (χ0v) is 18.1. The molecular weight excluding hydrogens is 386 g/mol. The summed E-state index contributed by atoms with van der Waals surface area (Å²) in [4.78, 5) is 0. The molecule has 0 aliphatic rings. The van der Waals surface area contributed by atoms with Crippen LogP contribution in [0.1, 0.15) is 33.1 Å². The summed E-state index contributed by atoms with van der Waals surface area (Å²) in [7, 11) is 0. The van der Waals surface area contributed by atoms with Gasteiger partial charge < -0.3 is 0 Å². The van der Waals surface area contributed by atoms with Gasteiger partial charge in [0, 0.05) is 5.39 Å². The van der Waals surface area contributed by atoms with Crippen molar-refractivity contribution in [1.82, 2.24) is 14.6 Å². The Kier molecular flexibility index (Phi) is 4.80. The highest BCUT2D eigenvalue weighted by atomic mass is 32.2. The van der Waals surface area contributed by atoms with Crippen LogP contribution in [0.4, 0.5) is 0 Å². The van der Waals surface area contributed by atoms with Gasteiger partial charge in [0.1, 0.15) is 0 Å². The fourth-order valence-corrected chi connectivity index (χ4v) is 5.36. The fourth-order valence-electron chi connectivity index (χ4n) is 4.18. The van der Waals surface area contributed by atoms with Crippen LogP contribution in [0.25, 0.3) is 16.6 Å². The summed E-state index contributed by atoms with van der Waals surface area (Å²) in [6, 6.07) is 27.9. The van der Waals surface area contributed by atoms with E-state index in [1.54, 1.807) is 11.8 Å². The molecule has 0 saturated carbocycles. The van der Waals surface area contributed by atoms with Gasteiger partial charge in [0.15, 0.2) is 10.8 Å². The van der Waals surface area contributed by atoms with E-state index in [0.29, 0.717) is 0 Å². The van der Waals surface area contributed by atoms with Crippen LogP contribution < -0.4 is 0 Å². The van der Waals surface area contributed by atoms with Gasteiger partial charge in [0.05, 0.1) is 10.8 Å². The highest BCUT2D eigenvalue weighted by Crippen LogP contribution is 2.40. The third-order valence-electron chi connectivity index (χ3n) is 5.53. The molecule has 0 aliphatic heterocycles. The smallest absolute Gasteiger partial charge is 0.197 e. The Morgan fingerprint density at radius 2 is 1.37 bits per heavy atom. The molecule has 0 radical (unpaired) electrons. The average molecular weight is 410 g/mol. The molecule has 0 fully saturated rings. The third-order valence-corrected chi connectivity index (χ3v) is 6.78. The van der Waals surface area contributed by atoms with Crippen LogP contribution in [0.5, 0.6) is 0 Å². The van der Waals surface area contributed by atoms with Gasteiger partial charge >= 0.3 is 0 Å². The Morgan fingerprint density at radius 1 is 0.733 bits per heavy atom. The normalized spacial score (nSPS) is 11.6. The van der Waals surface area contributed by atoms with Gasteiger partial charge in [0.2, 0.25) is 0 Å². The quantitative estimate of drug-likeness (QED) is 0.310. The van der Waals surface area contributed by atoms with Gasteiger partial charge in [0.25, 0.3) is 0 Å². The number of aromatic nitrogens is 3. The van der Waals surface area contributed by atoms with Crippen molar-refractivity contribution >= 4 is 28.3 Å². The lowest BCUT2D eigenvalue weighted by atomic mass is 10.0. The number of hydrogen-bond donors (Lipinski definition) is 0. The maximum atomic E-state index is 4.62. The number of hydrogen-bond acceptors (Lipinski definition) is 3. The maximum Gasteiger partial charge on any atom is 0.197 e. The predicted molar refractivity (Wildman–Crippen MR) is 125 cm³/mol. The van der Waals surface area contributed by atoms with E-state index in [0.717, 1.165) is 10.8 Å². The van der Waals surface area contributed by atoms with Crippen LogP contribution in [-0.4, -0.2) is 14.6 Å². The Balaban J connectivity index is 1.72. The van der Waals surface area contributed by atoms with Crippen LogP contribution in [0, 0.1) is 20.8 Å². The van der Waals surface area contributed by atoms with Crippen molar-refractivity contribution in [2.45, 2.75) is 31.2 Å². The maximum absolute atomic E-state index is 4.62. The first-order chi connectivity index (χ1) is 14.6. The summed E-state index contributed by atoms with van der Waals surface area (Å²) in [6.07, 6.45) is 0. The second-order valence-electron chi connectivity index (χ2n) is 7.80. The first kappa shape index (κ1) is 18.9. The van der Waals surface area contributed by atoms with Crippen molar-refractivity contribution in [2.75, 3.05) is 0 Å². The van der Waals surface area contributed by atoms with Gasteiger partial charge in [-0.2, -0.15) is 0 Å². The number of aryl methyl sites for hydroxylation is 3. The summed E-state index contributed by atoms with van der Waals surface area (Å²) in [5.74, 6) is 0. The summed E-state index contributed by atoms with van der Waals surface area (Å²) in [5.41, 5.74) is 8.37. The van der Waals surface area contributed by atoms with Crippen molar-refractivity contribution in [3.05, 3.63) is 107 Å². The molecule has 5 aromatic rings. The first-order valence-electron chi connectivity index (χ1n) is 10.1. The lowest BCUT2D eigenvalue weighted by molar-refractivity contribution is 0.931. The highest BCUT2D eigenvalue weighted by molar-refractivity contribution is 7.99. The van der Waals surface area contributed by atoms with Crippen molar-refractivity contribution < 1.29 is 0 Å².